The van der Waals surface area contributed by atoms with Gasteiger partial charge in [-0.3, -0.25) is 0 Å². The van der Waals surface area contributed by atoms with E-state index in [2.05, 4.69) is 4.72 Å². The number of sulfonamides is 1. The van der Waals surface area contributed by atoms with Crippen molar-refractivity contribution in [1.29, 1.82) is 0 Å². The summed E-state index contributed by atoms with van der Waals surface area (Å²) in [7, 11) is -0.551. The Kier molecular flexibility index (Phi) is 6.05. The van der Waals surface area contributed by atoms with Crippen molar-refractivity contribution >= 4 is 10.0 Å². The highest BCUT2D eigenvalue weighted by Gasteiger charge is 2.15. The minimum Gasteiger partial charge on any atom is -0.497 e. The van der Waals surface area contributed by atoms with Crippen molar-refractivity contribution in [2.75, 3.05) is 20.8 Å². The van der Waals surface area contributed by atoms with Crippen molar-refractivity contribution in [2.45, 2.75) is 18.4 Å². The monoisotopic (exact) mass is 351 g/mol. The van der Waals surface area contributed by atoms with Gasteiger partial charge in [-0.15, -0.1) is 0 Å². The van der Waals surface area contributed by atoms with Gasteiger partial charge in [0.25, 0.3) is 0 Å². The Morgan fingerprint density at radius 1 is 0.958 bits per heavy atom. The summed E-state index contributed by atoms with van der Waals surface area (Å²) in [6.45, 7) is 2.49. The highest BCUT2D eigenvalue weighted by Crippen LogP contribution is 2.24. The molecule has 24 heavy (non-hydrogen) atoms. The molecule has 2 aromatic carbocycles. The molecule has 0 unspecified atom stereocenters. The summed E-state index contributed by atoms with van der Waals surface area (Å²) in [5.41, 5.74) is 0.686. The number of ether oxygens (including phenoxy) is 3. The van der Waals surface area contributed by atoms with Crippen molar-refractivity contribution in [3.8, 4) is 17.2 Å². The van der Waals surface area contributed by atoms with Gasteiger partial charge in [-0.2, -0.15) is 0 Å². The van der Waals surface area contributed by atoms with Crippen LogP contribution in [0.2, 0.25) is 0 Å². The Hall–Kier alpha value is -2.25. The lowest BCUT2D eigenvalue weighted by molar-refractivity contribution is 0.340. The Labute approximate surface area is 142 Å². The van der Waals surface area contributed by atoms with Gasteiger partial charge in [0.05, 0.1) is 25.7 Å². The van der Waals surface area contributed by atoms with Crippen molar-refractivity contribution in [2.24, 2.45) is 0 Å². The molecular formula is C17H21NO5S. The Balaban J connectivity index is 2.15. The van der Waals surface area contributed by atoms with Crippen LogP contribution in [-0.2, 0) is 16.6 Å². The van der Waals surface area contributed by atoms with Gasteiger partial charge in [0.15, 0.2) is 0 Å². The average molecular weight is 351 g/mol. The van der Waals surface area contributed by atoms with E-state index in [-0.39, 0.29) is 11.4 Å². The first-order valence-electron chi connectivity index (χ1n) is 7.43. The van der Waals surface area contributed by atoms with Crippen molar-refractivity contribution in [3.63, 3.8) is 0 Å². The Morgan fingerprint density at radius 2 is 1.62 bits per heavy atom. The lowest BCUT2D eigenvalue weighted by atomic mass is 10.2. The third-order valence-corrected chi connectivity index (χ3v) is 4.80. The van der Waals surface area contributed by atoms with Crippen molar-refractivity contribution in [3.05, 3.63) is 48.0 Å². The molecule has 6 nitrogen and oxygen atoms in total. The normalized spacial score (nSPS) is 11.1. The molecule has 0 heterocycles. The molecule has 0 spiro atoms. The zero-order valence-electron chi connectivity index (χ0n) is 13.9. The van der Waals surface area contributed by atoms with E-state index in [1.165, 1.54) is 19.2 Å². The first kappa shape index (κ1) is 18.1. The third-order valence-electron chi connectivity index (χ3n) is 3.39. The largest absolute Gasteiger partial charge is 0.497 e. The van der Waals surface area contributed by atoms with Gasteiger partial charge in [0.2, 0.25) is 10.0 Å². The van der Waals surface area contributed by atoms with Gasteiger partial charge in [-0.05, 0) is 49.4 Å². The summed E-state index contributed by atoms with van der Waals surface area (Å²) in [6, 6.07) is 11.5. The first-order chi connectivity index (χ1) is 11.5. The third kappa shape index (κ3) is 4.39. The van der Waals surface area contributed by atoms with Crippen LogP contribution in [0.5, 0.6) is 17.2 Å². The topological polar surface area (TPSA) is 73.9 Å². The number of hydrogen-bond donors (Lipinski definition) is 1. The van der Waals surface area contributed by atoms with Gasteiger partial charge < -0.3 is 14.2 Å². The molecule has 0 aromatic heterocycles. The number of rotatable bonds is 8. The molecule has 0 aliphatic heterocycles. The molecule has 0 aliphatic rings. The van der Waals surface area contributed by atoms with Crippen LogP contribution in [0.1, 0.15) is 12.5 Å². The fraction of sp³-hybridized carbons (Fsp3) is 0.294. The standard InChI is InChI=1S/C17H21NO5S/c1-4-23-14-5-8-16(9-6-14)24(19,20)18-12-13-11-15(21-2)7-10-17(13)22-3/h5-11,18H,4,12H2,1-3H3. The van der Waals surface area contributed by atoms with Crippen molar-refractivity contribution in [1.82, 2.24) is 4.72 Å². The maximum Gasteiger partial charge on any atom is 0.240 e. The molecule has 2 aromatic rings. The molecular weight excluding hydrogens is 330 g/mol. The Bertz CT molecular complexity index is 772. The summed E-state index contributed by atoms with van der Waals surface area (Å²) in [6.07, 6.45) is 0. The average Bonchev–Trinajstić information content (AvgIpc) is 2.60. The number of hydrogen-bond acceptors (Lipinski definition) is 5. The van der Waals surface area contributed by atoms with Gasteiger partial charge in [-0.1, -0.05) is 0 Å². The first-order valence-corrected chi connectivity index (χ1v) is 8.92. The van der Waals surface area contributed by atoms with Crippen LogP contribution in [0, 0.1) is 0 Å². The van der Waals surface area contributed by atoms with Gasteiger partial charge in [0.1, 0.15) is 17.2 Å². The quantitative estimate of drug-likeness (QED) is 0.791. The summed E-state index contributed by atoms with van der Waals surface area (Å²) in [5, 5.41) is 0. The number of methoxy groups -OCH3 is 2. The molecule has 0 atom stereocenters. The number of benzene rings is 2. The van der Waals surface area contributed by atoms with Gasteiger partial charge in [-0.25, -0.2) is 13.1 Å². The Morgan fingerprint density at radius 3 is 2.21 bits per heavy atom. The molecule has 0 fully saturated rings. The summed E-state index contributed by atoms with van der Waals surface area (Å²) in [5.74, 6) is 1.85. The minimum absolute atomic E-state index is 0.0932. The highest BCUT2D eigenvalue weighted by atomic mass is 32.2. The fourth-order valence-corrected chi connectivity index (χ4v) is 3.16. The molecule has 0 saturated heterocycles. The van der Waals surface area contributed by atoms with Crippen LogP contribution in [0.25, 0.3) is 0 Å². The molecule has 0 bridgehead atoms. The van der Waals surface area contributed by atoms with Gasteiger partial charge >= 0.3 is 0 Å². The molecule has 1 N–H and O–H groups in total. The molecule has 2 rings (SSSR count). The summed E-state index contributed by atoms with van der Waals surface area (Å²) in [4.78, 5) is 0.174. The van der Waals surface area contributed by atoms with E-state index in [1.807, 2.05) is 6.92 Å². The second-order valence-corrected chi connectivity index (χ2v) is 6.67. The zero-order chi connectivity index (χ0) is 17.6. The lowest BCUT2D eigenvalue weighted by Crippen LogP contribution is -2.23. The van der Waals surface area contributed by atoms with Crippen LogP contribution >= 0.6 is 0 Å². The van der Waals surface area contributed by atoms with E-state index >= 15 is 0 Å². The van der Waals surface area contributed by atoms with Crippen LogP contribution in [0.3, 0.4) is 0 Å². The summed E-state index contributed by atoms with van der Waals surface area (Å²) < 4.78 is 43.1. The molecule has 130 valence electrons. The fourth-order valence-electron chi connectivity index (χ4n) is 2.16. The van der Waals surface area contributed by atoms with Crippen LogP contribution in [0.15, 0.2) is 47.4 Å². The molecule has 0 amide bonds. The predicted molar refractivity (Wildman–Crippen MR) is 91.2 cm³/mol. The molecule has 0 radical (unpaired) electrons. The predicted octanol–water partition coefficient (Wildman–Crippen LogP) is 2.58. The smallest absolute Gasteiger partial charge is 0.240 e. The van der Waals surface area contributed by atoms with E-state index in [1.54, 1.807) is 37.4 Å². The van der Waals surface area contributed by atoms with E-state index < -0.39 is 10.0 Å². The van der Waals surface area contributed by atoms with Gasteiger partial charge in [0, 0.05) is 12.1 Å². The summed E-state index contributed by atoms with van der Waals surface area (Å²) >= 11 is 0. The van der Waals surface area contributed by atoms with E-state index in [9.17, 15) is 8.42 Å². The maximum absolute atomic E-state index is 12.4. The molecule has 0 aliphatic carbocycles. The van der Waals surface area contributed by atoms with E-state index in [0.717, 1.165) is 0 Å². The van der Waals surface area contributed by atoms with Crippen molar-refractivity contribution < 1.29 is 22.6 Å². The number of nitrogens with one attached hydrogen (secondary N) is 1. The van der Waals surface area contributed by atoms with E-state index in [4.69, 9.17) is 14.2 Å². The molecule has 0 saturated carbocycles. The minimum atomic E-state index is -3.64. The highest BCUT2D eigenvalue weighted by molar-refractivity contribution is 7.89. The molecule has 7 heteroatoms. The van der Waals surface area contributed by atoms with Crippen LogP contribution in [0.4, 0.5) is 0 Å². The maximum atomic E-state index is 12.4. The zero-order valence-corrected chi connectivity index (χ0v) is 14.7. The van der Waals surface area contributed by atoms with Crippen LogP contribution in [-0.4, -0.2) is 29.2 Å². The lowest BCUT2D eigenvalue weighted by Gasteiger charge is -2.12. The second kappa shape index (κ2) is 8.03. The second-order valence-electron chi connectivity index (χ2n) is 4.91. The van der Waals surface area contributed by atoms with Crippen LogP contribution < -0.4 is 18.9 Å². The SMILES string of the molecule is CCOc1ccc(S(=O)(=O)NCc2cc(OC)ccc2OC)cc1. The van der Waals surface area contributed by atoms with E-state index in [0.29, 0.717) is 29.4 Å².